The summed E-state index contributed by atoms with van der Waals surface area (Å²) in [5, 5.41) is 0. The summed E-state index contributed by atoms with van der Waals surface area (Å²) < 4.78 is 4.10. The molecular weight excluding hydrogens is 430 g/mol. The molecule has 0 aliphatic heterocycles. The average Bonchev–Trinajstić information content (AvgIpc) is 3.70. The largest absolute Gasteiger partial charge is 0.298 e. The lowest BCUT2D eigenvalue weighted by molar-refractivity contribution is 0.795. The third-order valence-corrected chi connectivity index (χ3v) is 7.47. The number of imidazole rings is 1. The Morgan fingerprint density at radius 1 is 0.543 bits per heavy atom. The van der Waals surface area contributed by atoms with Crippen molar-refractivity contribution in [3.05, 3.63) is 138 Å². The molecule has 0 fully saturated rings. The van der Waals surface area contributed by atoms with Gasteiger partial charge in [-0.15, -0.1) is 0 Å². The zero-order valence-electron chi connectivity index (χ0n) is 18.7. The van der Waals surface area contributed by atoms with Gasteiger partial charge in [0, 0.05) is 36.5 Å². The van der Waals surface area contributed by atoms with Crippen LogP contribution in [0.1, 0.15) is 22.3 Å². The quantitative estimate of drug-likeness (QED) is 0.335. The van der Waals surface area contributed by atoms with E-state index in [1.165, 1.54) is 38.9 Å². The van der Waals surface area contributed by atoms with Crippen molar-refractivity contribution in [3.63, 3.8) is 0 Å². The van der Waals surface area contributed by atoms with Crippen molar-refractivity contribution in [3.8, 4) is 34.0 Å². The van der Waals surface area contributed by atoms with Crippen molar-refractivity contribution >= 4 is 0 Å². The van der Waals surface area contributed by atoms with E-state index >= 15 is 0 Å². The highest BCUT2D eigenvalue weighted by molar-refractivity contribution is 5.94. The Morgan fingerprint density at radius 2 is 1.14 bits per heavy atom. The molecule has 0 atom stereocenters. The normalized spacial score (nSPS) is 13.9. The van der Waals surface area contributed by atoms with Crippen molar-refractivity contribution < 1.29 is 0 Å². The first-order valence-corrected chi connectivity index (χ1v) is 11.7. The molecule has 2 aliphatic carbocycles. The van der Waals surface area contributed by atoms with Crippen LogP contribution >= 0.6 is 0 Å². The predicted molar refractivity (Wildman–Crippen MR) is 135 cm³/mol. The summed E-state index contributed by atoms with van der Waals surface area (Å²) >= 11 is 0. The highest BCUT2D eigenvalue weighted by Gasteiger charge is 2.52. The monoisotopic (exact) mass is 449 g/mol. The van der Waals surface area contributed by atoms with Gasteiger partial charge in [0.15, 0.2) is 11.6 Å². The molecular formula is C30H19N5. The summed E-state index contributed by atoms with van der Waals surface area (Å²) in [4.78, 5) is 13.7. The maximum atomic E-state index is 4.78. The van der Waals surface area contributed by atoms with E-state index in [1.54, 1.807) is 24.9 Å². The molecule has 3 aromatic carbocycles. The van der Waals surface area contributed by atoms with Gasteiger partial charge in [-0.1, -0.05) is 72.8 Å². The minimum Gasteiger partial charge on any atom is -0.298 e. The number of hydrogen-bond acceptors (Lipinski definition) is 3. The second kappa shape index (κ2) is 6.64. The van der Waals surface area contributed by atoms with Gasteiger partial charge in [0.2, 0.25) is 0 Å². The van der Waals surface area contributed by atoms with Gasteiger partial charge in [0.1, 0.15) is 6.33 Å². The molecule has 0 bridgehead atoms. The van der Waals surface area contributed by atoms with Crippen molar-refractivity contribution in [1.82, 2.24) is 24.1 Å². The molecule has 5 heteroatoms. The van der Waals surface area contributed by atoms with Crippen LogP contribution in [0.5, 0.6) is 0 Å². The number of aromatic nitrogens is 5. The molecule has 6 aromatic rings. The van der Waals surface area contributed by atoms with E-state index in [0.717, 1.165) is 17.3 Å². The lowest BCUT2D eigenvalue weighted by atomic mass is 9.71. The fraction of sp³-hybridized carbons (Fsp3) is 0.0333. The maximum Gasteiger partial charge on any atom is 0.182 e. The summed E-state index contributed by atoms with van der Waals surface area (Å²) in [5.74, 6) is 1.52. The molecule has 3 heterocycles. The highest BCUT2D eigenvalue weighted by Crippen LogP contribution is 2.63. The second-order valence-corrected chi connectivity index (χ2v) is 9.01. The van der Waals surface area contributed by atoms with Crippen LogP contribution in [0.3, 0.4) is 0 Å². The Hall–Kier alpha value is -4.77. The number of fused-ring (bicyclic) bond motifs is 10. The highest BCUT2D eigenvalue weighted by atomic mass is 15.2. The number of nitrogens with zero attached hydrogens (tertiary/aromatic N) is 5. The van der Waals surface area contributed by atoms with Gasteiger partial charge in [0.25, 0.3) is 0 Å². The van der Waals surface area contributed by atoms with E-state index in [2.05, 4.69) is 99.6 Å². The minimum absolute atomic E-state index is 0.359. The van der Waals surface area contributed by atoms with Crippen molar-refractivity contribution in [2.75, 3.05) is 0 Å². The van der Waals surface area contributed by atoms with Gasteiger partial charge < -0.3 is 0 Å². The van der Waals surface area contributed by atoms with Crippen molar-refractivity contribution in [2.24, 2.45) is 0 Å². The van der Waals surface area contributed by atoms with Crippen molar-refractivity contribution in [1.29, 1.82) is 0 Å². The summed E-state index contributed by atoms with van der Waals surface area (Å²) in [6.45, 7) is 0. The third-order valence-electron chi connectivity index (χ3n) is 7.47. The Labute approximate surface area is 202 Å². The molecule has 164 valence electrons. The summed E-state index contributed by atoms with van der Waals surface area (Å²) in [5.41, 5.74) is 9.88. The Kier molecular flexibility index (Phi) is 3.54. The molecule has 8 rings (SSSR count). The summed E-state index contributed by atoms with van der Waals surface area (Å²) in [6.07, 6.45) is 11.0. The fourth-order valence-electron chi connectivity index (χ4n) is 6.22. The molecule has 0 saturated heterocycles. The predicted octanol–water partition coefficient (Wildman–Crippen LogP) is 5.80. The zero-order chi connectivity index (χ0) is 23.0. The van der Waals surface area contributed by atoms with Crippen LogP contribution in [0.25, 0.3) is 34.0 Å². The molecule has 0 N–H and O–H groups in total. The Bertz CT molecular complexity index is 1710. The number of benzene rings is 3. The molecule has 1 spiro atoms. The Balaban J connectivity index is 1.49. The average molecular weight is 450 g/mol. The topological polar surface area (TPSA) is 48.5 Å². The molecule has 0 amide bonds. The van der Waals surface area contributed by atoms with Crippen molar-refractivity contribution in [2.45, 2.75) is 5.41 Å². The van der Waals surface area contributed by atoms with E-state index in [0.29, 0.717) is 0 Å². The lowest BCUT2D eigenvalue weighted by Gasteiger charge is -2.29. The van der Waals surface area contributed by atoms with Crippen LogP contribution in [-0.2, 0) is 5.41 Å². The number of rotatable bonds is 2. The Morgan fingerprint density at radius 3 is 1.80 bits per heavy atom. The molecule has 0 radical (unpaired) electrons. The first kappa shape index (κ1) is 18.6. The van der Waals surface area contributed by atoms with Gasteiger partial charge in [-0.05, 0) is 39.4 Å². The number of hydrogen-bond donors (Lipinski definition) is 0. The molecule has 35 heavy (non-hydrogen) atoms. The first-order valence-electron chi connectivity index (χ1n) is 11.7. The van der Waals surface area contributed by atoms with Gasteiger partial charge in [-0.2, -0.15) is 0 Å². The zero-order valence-corrected chi connectivity index (χ0v) is 18.7. The van der Waals surface area contributed by atoms with E-state index in [4.69, 9.17) is 4.98 Å². The SMILES string of the molecule is c1ccc2c(c1)-c1ccccc1C21c2ccccc2-c2c1ccn2-c1nccnc1-n1ccnc1. The van der Waals surface area contributed by atoms with Crippen LogP contribution in [0.4, 0.5) is 0 Å². The van der Waals surface area contributed by atoms with E-state index in [-0.39, 0.29) is 5.41 Å². The smallest absolute Gasteiger partial charge is 0.182 e. The molecule has 3 aromatic heterocycles. The van der Waals surface area contributed by atoms with E-state index in [9.17, 15) is 0 Å². The van der Waals surface area contributed by atoms with Crippen LogP contribution in [0.2, 0.25) is 0 Å². The fourth-order valence-corrected chi connectivity index (χ4v) is 6.22. The van der Waals surface area contributed by atoms with Gasteiger partial charge in [-0.25, -0.2) is 15.0 Å². The second-order valence-electron chi connectivity index (χ2n) is 9.01. The van der Waals surface area contributed by atoms with Crippen LogP contribution in [0, 0.1) is 0 Å². The van der Waals surface area contributed by atoms with Crippen LogP contribution in [-0.4, -0.2) is 24.1 Å². The van der Waals surface area contributed by atoms with Gasteiger partial charge in [-0.3, -0.25) is 9.13 Å². The molecule has 0 saturated carbocycles. The molecule has 5 nitrogen and oxygen atoms in total. The van der Waals surface area contributed by atoms with Gasteiger partial charge in [0.05, 0.1) is 11.1 Å². The lowest BCUT2D eigenvalue weighted by Crippen LogP contribution is -2.25. The maximum absolute atomic E-state index is 4.78. The molecule has 2 aliphatic rings. The summed E-state index contributed by atoms with van der Waals surface area (Å²) in [7, 11) is 0. The van der Waals surface area contributed by atoms with E-state index in [1.807, 2.05) is 10.8 Å². The van der Waals surface area contributed by atoms with Crippen LogP contribution in [0.15, 0.2) is 116 Å². The van der Waals surface area contributed by atoms with E-state index < -0.39 is 0 Å². The molecule has 0 unspecified atom stereocenters. The first-order chi connectivity index (χ1) is 17.4. The minimum atomic E-state index is -0.359. The standard InChI is InChI=1S/C30H19N5/c1-4-10-23-20(7-1)21-8-2-5-11-24(21)30(23)25-12-6-3-9-22(25)27-26(30)13-17-35(27)29-28(32-14-15-33-29)34-18-16-31-19-34/h1-19H. The van der Waals surface area contributed by atoms with Gasteiger partial charge >= 0.3 is 0 Å². The third kappa shape index (κ3) is 2.20. The van der Waals surface area contributed by atoms with Crippen LogP contribution < -0.4 is 0 Å². The summed E-state index contributed by atoms with van der Waals surface area (Å²) in [6, 6.07) is 28.7.